The van der Waals surface area contributed by atoms with E-state index in [2.05, 4.69) is 0 Å². The first-order chi connectivity index (χ1) is 8.37. The summed E-state index contributed by atoms with van der Waals surface area (Å²) in [5.41, 5.74) is 2.18. The number of benzene rings is 1. The van der Waals surface area contributed by atoms with Crippen LogP contribution in [0, 0.1) is 6.92 Å². The van der Waals surface area contributed by atoms with Gasteiger partial charge in [-0.2, -0.15) is 13.2 Å². The maximum atomic E-state index is 11.9. The Morgan fingerprint density at radius 3 is 2.56 bits per heavy atom. The minimum absolute atomic E-state index is 0.0192. The fraction of sp³-hybridized carbons (Fsp3) is 0.500. The quantitative estimate of drug-likeness (QED) is 0.746. The second-order valence-corrected chi connectivity index (χ2v) is 4.50. The summed E-state index contributed by atoms with van der Waals surface area (Å²) in [5.74, 6) is -0.0965. The number of rotatable bonds is 6. The Kier molecular flexibility index (Phi) is 5.38. The molecule has 1 rings (SSSR count). The summed E-state index contributed by atoms with van der Waals surface area (Å²) in [6.07, 6.45) is -4.19. The van der Waals surface area contributed by atoms with E-state index in [9.17, 15) is 18.0 Å². The molecule has 0 fully saturated rings. The first-order valence-electron chi connectivity index (χ1n) is 6.01. The average molecular weight is 258 g/mol. The van der Waals surface area contributed by atoms with Gasteiger partial charge in [0.15, 0.2) is 0 Å². The molecule has 0 unspecified atom stereocenters. The van der Waals surface area contributed by atoms with Crippen molar-refractivity contribution in [2.75, 3.05) is 0 Å². The zero-order valence-electron chi connectivity index (χ0n) is 10.4. The number of ketones is 1. The van der Waals surface area contributed by atoms with Crippen LogP contribution in [0.3, 0.4) is 0 Å². The number of hydrogen-bond donors (Lipinski definition) is 0. The van der Waals surface area contributed by atoms with Crippen molar-refractivity contribution in [2.45, 2.75) is 45.2 Å². The maximum Gasteiger partial charge on any atom is 0.389 e. The lowest BCUT2D eigenvalue weighted by Gasteiger charge is -2.05. The van der Waals surface area contributed by atoms with Crippen molar-refractivity contribution in [2.24, 2.45) is 0 Å². The monoisotopic (exact) mass is 258 g/mol. The van der Waals surface area contributed by atoms with Crippen molar-refractivity contribution < 1.29 is 18.0 Å². The third kappa shape index (κ3) is 6.42. The lowest BCUT2D eigenvalue weighted by Crippen LogP contribution is -2.08. The van der Waals surface area contributed by atoms with Crippen molar-refractivity contribution in [3.8, 4) is 0 Å². The Morgan fingerprint density at radius 1 is 1.22 bits per heavy atom. The minimum atomic E-state index is -4.16. The van der Waals surface area contributed by atoms with Crippen LogP contribution in [0.25, 0.3) is 0 Å². The van der Waals surface area contributed by atoms with Gasteiger partial charge in [0, 0.05) is 19.3 Å². The van der Waals surface area contributed by atoms with Crippen LogP contribution in [0.15, 0.2) is 24.3 Å². The van der Waals surface area contributed by atoms with Crippen molar-refractivity contribution in [1.29, 1.82) is 0 Å². The normalized spacial score (nSPS) is 11.6. The Bertz CT molecular complexity index is 396. The molecule has 1 aromatic rings. The van der Waals surface area contributed by atoms with E-state index in [-0.39, 0.29) is 18.6 Å². The van der Waals surface area contributed by atoms with Gasteiger partial charge in [0.2, 0.25) is 0 Å². The van der Waals surface area contributed by atoms with Crippen LogP contribution in [-0.4, -0.2) is 12.0 Å². The molecule has 1 nitrogen and oxygen atoms in total. The molecule has 0 atom stereocenters. The Morgan fingerprint density at radius 2 is 1.94 bits per heavy atom. The summed E-state index contributed by atoms with van der Waals surface area (Å²) < 4.78 is 35.7. The first kappa shape index (κ1) is 14.7. The second-order valence-electron chi connectivity index (χ2n) is 4.50. The standard InChI is InChI=1S/C14H17F3O/c1-11-4-2-5-12(10-11)7-8-13(18)6-3-9-14(15,16)17/h2,4-5,10H,3,6-9H2,1H3. The minimum Gasteiger partial charge on any atom is -0.300 e. The highest BCUT2D eigenvalue weighted by Gasteiger charge is 2.26. The van der Waals surface area contributed by atoms with Gasteiger partial charge in [-0.05, 0) is 25.3 Å². The van der Waals surface area contributed by atoms with Crippen molar-refractivity contribution in [3.05, 3.63) is 35.4 Å². The van der Waals surface area contributed by atoms with Crippen LogP contribution in [0.2, 0.25) is 0 Å². The molecule has 0 aliphatic carbocycles. The SMILES string of the molecule is Cc1cccc(CCC(=O)CCCC(F)(F)F)c1. The van der Waals surface area contributed by atoms with Crippen molar-refractivity contribution >= 4 is 5.78 Å². The van der Waals surface area contributed by atoms with Gasteiger partial charge >= 0.3 is 6.18 Å². The van der Waals surface area contributed by atoms with Gasteiger partial charge in [-0.1, -0.05) is 29.8 Å². The van der Waals surface area contributed by atoms with Gasteiger partial charge in [0.25, 0.3) is 0 Å². The van der Waals surface area contributed by atoms with Crippen LogP contribution in [0.4, 0.5) is 13.2 Å². The summed E-state index contributed by atoms with van der Waals surface area (Å²) in [5, 5.41) is 0. The molecule has 0 saturated heterocycles. The predicted octanol–water partition coefficient (Wildman–Crippen LogP) is 4.23. The molecule has 0 radical (unpaired) electrons. The maximum absolute atomic E-state index is 11.9. The van der Waals surface area contributed by atoms with E-state index >= 15 is 0 Å². The first-order valence-corrected chi connectivity index (χ1v) is 6.01. The topological polar surface area (TPSA) is 17.1 Å². The number of aryl methyl sites for hydroxylation is 2. The van der Waals surface area contributed by atoms with Crippen LogP contribution in [0.1, 0.15) is 36.8 Å². The summed E-state index contributed by atoms with van der Waals surface area (Å²) in [4.78, 5) is 11.4. The zero-order chi connectivity index (χ0) is 13.6. The molecule has 0 aromatic heterocycles. The summed E-state index contributed by atoms with van der Waals surface area (Å²) in [6, 6.07) is 7.80. The van der Waals surface area contributed by atoms with E-state index in [4.69, 9.17) is 0 Å². The molecule has 18 heavy (non-hydrogen) atoms. The van der Waals surface area contributed by atoms with Gasteiger partial charge in [-0.3, -0.25) is 4.79 Å². The van der Waals surface area contributed by atoms with Crippen LogP contribution in [-0.2, 0) is 11.2 Å². The number of carbonyl (C=O) groups is 1. The highest BCUT2D eigenvalue weighted by atomic mass is 19.4. The summed E-state index contributed by atoms with van der Waals surface area (Å²) >= 11 is 0. The van der Waals surface area contributed by atoms with Gasteiger partial charge in [0.05, 0.1) is 0 Å². The molecular weight excluding hydrogens is 241 g/mol. The van der Waals surface area contributed by atoms with Crippen LogP contribution < -0.4 is 0 Å². The molecule has 0 N–H and O–H groups in total. The zero-order valence-corrected chi connectivity index (χ0v) is 10.4. The lowest BCUT2D eigenvalue weighted by atomic mass is 10.0. The Balaban J connectivity index is 2.25. The van der Waals surface area contributed by atoms with Crippen LogP contribution in [0.5, 0.6) is 0 Å². The Labute approximate surface area is 105 Å². The van der Waals surface area contributed by atoms with Gasteiger partial charge in [-0.25, -0.2) is 0 Å². The van der Waals surface area contributed by atoms with Gasteiger partial charge in [-0.15, -0.1) is 0 Å². The number of hydrogen-bond acceptors (Lipinski definition) is 1. The van der Waals surface area contributed by atoms with Gasteiger partial charge in [0.1, 0.15) is 5.78 Å². The van der Waals surface area contributed by atoms with E-state index in [1.807, 2.05) is 31.2 Å². The molecule has 0 aliphatic heterocycles. The van der Waals surface area contributed by atoms with E-state index in [1.54, 1.807) is 0 Å². The third-order valence-electron chi connectivity index (χ3n) is 2.69. The van der Waals surface area contributed by atoms with E-state index in [0.717, 1.165) is 11.1 Å². The van der Waals surface area contributed by atoms with Crippen molar-refractivity contribution in [3.63, 3.8) is 0 Å². The summed E-state index contributed by atoms with van der Waals surface area (Å²) in [7, 11) is 0. The molecule has 0 aliphatic rings. The molecular formula is C14H17F3O. The Hall–Kier alpha value is -1.32. The number of carbonyl (C=O) groups excluding carboxylic acids is 1. The average Bonchev–Trinajstić information content (AvgIpc) is 2.25. The predicted molar refractivity (Wildman–Crippen MR) is 64.4 cm³/mol. The molecule has 0 spiro atoms. The fourth-order valence-corrected chi connectivity index (χ4v) is 1.76. The van der Waals surface area contributed by atoms with E-state index < -0.39 is 12.6 Å². The highest BCUT2D eigenvalue weighted by Crippen LogP contribution is 2.22. The molecule has 0 bridgehead atoms. The second kappa shape index (κ2) is 6.57. The summed E-state index contributed by atoms with van der Waals surface area (Å²) in [6.45, 7) is 1.97. The molecule has 0 heterocycles. The molecule has 4 heteroatoms. The van der Waals surface area contributed by atoms with E-state index in [1.165, 1.54) is 0 Å². The highest BCUT2D eigenvalue weighted by molar-refractivity contribution is 5.78. The third-order valence-corrected chi connectivity index (χ3v) is 2.69. The number of Topliss-reactive ketones (excluding diaryl/α,β-unsaturated/α-hetero) is 1. The lowest BCUT2D eigenvalue weighted by molar-refractivity contribution is -0.137. The number of halogens is 3. The fourth-order valence-electron chi connectivity index (χ4n) is 1.76. The van der Waals surface area contributed by atoms with E-state index in [0.29, 0.717) is 12.8 Å². The molecule has 1 aromatic carbocycles. The molecule has 0 amide bonds. The largest absolute Gasteiger partial charge is 0.389 e. The number of alkyl halides is 3. The van der Waals surface area contributed by atoms with Gasteiger partial charge < -0.3 is 0 Å². The van der Waals surface area contributed by atoms with Crippen LogP contribution >= 0.6 is 0 Å². The van der Waals surface area contributed by atoms with Crippen molar-refractivity contribution in [1.82, 2.24) is 0 Å². The molecule has 0 saturated carbocycles. The molecule has 100 valence electrons. The smallest absolute Gasteiger partial charge is 0.300 e.